The van der Waals surface area contributed by atoms with Crippen molar-refractivity contribution in [3.05, 3.63) is 29.0 Å². The first-order valence-corrected chi connectivity index (χ1v) is 6.18. The molecule has 15 heavy (non-hydrogen) atoms. The molecule has 0 spiro atoms. The highest BCUT2D eigenvalue weighted by Gasteiger charge is 2.07. The zero-order valence-corrected chi connectivity index (χ0v) is 9.28. The molecule has 0 unspecified atom stereocenters. The van der Waals surface area contributed by atoms with Crippen LogP contribution in [0, 0.1) is 5.82 Å². The van der Waals surface area contributed by atoms with Crippen molar-refractivity contribution in [2.24, 2.45) is 5.14 Å². The average molecular weight is 253 g/mol. The number of primary sulfonamides is 1. The topological polar surface area (TPSA) is 72.2 Å². The van der Waals surface area contributed by atoms with Crippen LogP contribution in [0.4, 0.5) is 10.1 Å². The van der Waals surface area contributed by atoms with Crippen LogP contribution in [0.1, 0.15) is 0 Å². The minimum Gasteiger partial charge on any atom is -0.380 e. The molecular weight excluding hydrogens is 243 g/mol. The number of hydrogen-bond donors (Lipinski definition) is 2. The van der Waals surface area contributed by atoms with Gasteiger partial charge in [0, 0.05) is 6.54 Å². The van der Waals surface area contributed by atoms with Gasteiger partial charge in [0.25, 0.3) is 0 Å². The normalized spacial score (nSPS) is 11.4. The van der Waals surface area contributed by atoms with Gasteiger partial charge in [-0.25, -0.2) is 17.9 Å². The molecule has 0 fully saturated rings. The maximum atomic E-state index is 13.1. The lowest BCUT2D eigenvalue weighted by Gasteiger charge is -2.08. The second kappa shape index (κ2) is 4.78. The summed E-state index contributed by atoms with van der Waals surface area (Å²) in [6, 6.07) is 4.19. The van der Waals surface area contributed by atoms with E-state index in [1.165, 1.54) is 18.2 Å². The van der Waals surface area contributed by atoms with Crippen molar-refractivity contribution in [3.63, 3.8) is 0 Å². The first kappa shape index (κ1) is 12.2. The highest BCUT2D eigenvalue weighted by Crippen LogP contribution is 2.24. The van der Waals surface area contributed by atoms with Crippen LogP contribution in [-0.2, 0) is 10.0 Å². The summed E-state index contributed by atoms with van der Waals surface area (Å²) >= 11 is 5.70. The Labute approximate surface area is 92.3 Å². The summed E-state index contributed by atoms with van der Waals surface area (Å²) < 4.78 is 34.3. The molecule has 0 amide bonds. The average Bonchev–Trinajstić information content (AvgIpc) is 2.08. The van der Waals surface area contributed by atoms with Gasteiger partial charge in [0.1, 0.15) is 5.82 Å². The van der Waals surface area contributed by atoms with E-state index in [9.17, 15) is 12.8 Å². The van der Waals surface area contributed by atoms with E-state index in [1.807, 2.05) is 0 Å². The Kier molecular flexibility index (Phi) is 3.90. The monoisotopic (exact) mass is 252 g/mol. The Balaban J connectivity index is 2.66. The number of halogens is 2. The molecule has 0 bridgehead atoms. The molecule has 0 aliphatic heterocycles. The van der Waals surface area contributed by atoms with Crippen molar-refractivity contribution in [1.29, 1.82) is 0 Å². The molecule has 3 N–H and O–H groups in total. The third-order valence-corrected chi connectivity index (χ3v) is 2.74. The quantitative estimate of drug-likeness (QED) is 0.845. The number of hydrogen-bond acceptors (Lipinski definition) is 3. The fourth-order valence-electron chi connectivity index (χ4n) is 0.985. The molecule has 4 nitrogen and oxygen atoms in total. The first-order valence-electron chi connectivity index (χ1n) is 4.08. The molecule has 0 aliphatic rings. The van der Waals surface area contributed by atoms with Gasteiger partial charge in [-0.05, 0) is 12.1 Å². The Morgan fingerprint density at radius 1 is 1.47 bits per heavy atom. The molecule has 84 valence electrons. The van der Waals surface area contributed by atoms with Gasteiger partial charge in [0.15, 0.2) is 0 Å². The van der Waals surface area contributed by atoms with E-state index in [-0.39, 0.29) is 23.0 Å². The number of para-hydroxylation sites is 1. The van der Waals surface area contributed by atoms with Crippen molar-refractivity contribution < 1.29 is 12.8 Å². The fourth-order valence-corrected chi connectivity index (χ4v) is 1.60. The van der Waals surface area contributed by atoms with E-state index in [1.54, 1.807) is 0 Å². The summed E-state index contributed by atoms with van der Waals surface area (Å²) in [6.45, 7) is 0.0134. The number of nitrogens with two attached hydrogens (primary N) is 1. The highest BCUT2D eigenvalue weighted by molar-refractivity contribution is 7.89. The summed E-state index contributed by atoms with van der Waals surface area (Å²) in [5, 5.41) is 7.55. The van der Waals surface area contributed by atoms with Gasteiger partial charge in [0.2, 0.25) is 10.0 Å². The standard InChI is InChI=1S/C8H10ClFN2O2S/c9-6-2-1-3-7(10)8(6)12-4-5-15(11,13)14/h1-3,12H,4-5H2,(H2,11,13,14). The number of rotatable bonds is 4. The summed E-state index contributed by atoms with van der Waals surface area (Å²) in [7, 11) is -3.55. The third-order valence-electron chi connectivity index (χ3n) is 1.65. The van der Waals surface area contributed by atoms with Gasteiger partial charge in [-0.2, -0.15) is 0 Å². The number of nitrogens with one attached hydrogen (secondary N) is 1. The lowest BCUT2D eigenvalue weighted by Crippen LogP contribution is -2.22. The molecule has 0 saturated carbocycles. The summed E-state index contributed by atoms with van der Waals surface area (Å²) in [5.74, 6) is -0.811. The van der Waals surface area contributed by atoms with Crippen LogP contribution in [0.15, 0.2) is 18.2 Å². The zero-order chi connectivity index (χ0) is 11.5. The highest BCUT2D eigenvalue weighted by atomic mass is 35.5. The lowest BCUT2D eigenvalue weighted by atomic mass is 10.3. The number of anilines is 1. The molecule has 0 atom stereocenters. The molecule has 1 aromatic rings. The van der Waals surface area contributed by atoms with E-state index < -0.39 is 15.8 Å². The van der Waals surface area contributed by atoms with Gasteiger partial charge < -0.3 is 5.32 Å². The van der Waals surface area contributed by atoms with Gasteiger partial charge in [-0.15, -0.1) is 0 Å². The molecule has 1 rings (SSSR count). The Hall–Kier alpha value is -0.850. The second-order valence-electron chi connectivity index (χ2n) is 2.89. The predicted octanol–water partition coefficient (Wildman–Crippen LogP) is 1.18. The maximum absolute atomic E-state index is 13.1. The van der Waals surface area contributed by atoms with Crippen molar-refractivity contribution in [3.8, 4) is 0 Å². The largest absolute Gasteiger partial charge is 0.380 e. The fraction of sp³-hybridized carbons (Fsp3) is 0.250. The molecule has 7 heteroatoms. The minimum atomic E-state index is -3.55. The van der Waals surface area contributed by atoms with E-state index in [0.717, 1.165) is 0 Å². The third kappa shape index (κ3) is 4.03. The number of benzene rings is 1. The van der Waals surface area contributed by atoms with Gasteiger partial charge in [0.05, 0.1) is 16.5 Å². The molecule has 0 aromatic heterocycles. The van der Waals surface area contributed by atoms with Crippen LogP contribution < -0.4 is 10.5 Å². The Morgan fingerprint density at radius 3 is 2.67 bits per heavy atom. The lowest BCUT2D eigenvalue weighted by molar-refractivity contribution is 0.597. The van der Waals surface area contributed by atoms with Gasteiger partial charge >= 0.3 is 0 Å². The predicted molar refractivity (Wildman–Crippen MR) is 57.9 cm³/mol. The Bertz CT molecular complexity index is 430. The summed E-state index contributed by atoms with van der Waals surface area (Å²) in [5.41, 5.74) is 0.0859. The SMILES string of the molecule is NS(=O)(=O)CCNc1c(F)cccc1Cl. The van der Waals surface area contributed by atoms with E-state index in [0.29, 0.717) is 0 Å². The summed E-state index contributed by atoms with van der Waals surface area (Å²) in [4.78, 5) is 0. The van der Waals surface area contributed by atoms with Crippen LogP contribution in [0.25, 0.3) is 0 Å². The molecule has 0 aliphatic carbocycles. The van der Waals surface area contributed by atoms with Crippen molar-refractivity contribution in [2.45, 2.75) is 0 Å². The van der Waals surface area contributed by atoms with Crippen molar-refractivity contribution in [1.82, 2.24) is 0 Å². The minimum absolute atomic E-state index is 0.0134. The maximum Gasteiger partial charge on any atom is 0.210 e. The van der Waals surface area contributed by atoms with Crippen LogP contribution in [0.2, 0.25) is 5.02 Å². The number of sulfonamides is 1. The molecular formula is C8H10ClFN2O2S. The molecule has 0 saturated heterocycles. The van der Waals surface area contributed by atoms with Crippen LogP contribution in [-0.4, -0.2) is 20.7 Å². The van der Waals surface area contributed by atoms with E-state index in [4.69, 9.17) is 16.7 Å². The van der Waals surface area contributed by atoms with Gasteiger partial charge in [-0.1, -0.05) is 17.7 Å². The molecule has 0 radical (unpaired) electrons. The zero-order valence-electron chi connectivity index (χ0n) is 7.70. The smallest absolute Gasteiger partial charge is 0.210 e. The first-order chi connectivity index (χ1) is 6.90. The second-order valence-corrected chi connectivity index (χ2v) is 5.03. The van der Waals surface area contributed by atoms with Crippen LogP contribution in [0.5, 0.6) is 0 Å². The molecule has 0 heterocycles. The summed E-state index contributed by atoms with van der Waals surface area (Å²) in [6.07, 6.45) is 0. The van der Waals surface area contributed by atoms with Crippen LogP contribution in [0.3, 0.4) is 0 Å². The van der Waals surface area contributed by atoms with Crippen molar-refractivity contribution in [2.75, 3.05) is 17.6 Å². The van der Waals surface area contributed by atoms with E-state index >= 15 is 0 Å². The van der Waals surface area contributed by atoms with E-state index in [2.05, 4.69) is 5.32 Å². The Morgan fingerprint density at radius 2 is 2.13 bits per heavy atom. The van der Waals surface area contributed by atoms with Crippen LogP contribution >= 0.6 is 11.6 Å². The van der Waals surface area contributed by atoms with Gasteiger partial charge in [-0.3, -0.25) is 0 Å². The van der Waals surface area contributed by atoms with Crippen molar-refractivity contribution >= 4 is 27.3 Å². The molecule has 1 aromatic carbocycles.